The summed E-state index contributed by atoms with van der Waals surface area (Å²) in [7, 11) is 0. The van der Waals surface area contributed by atoms with Gasteiger partial charge in [0.2, 0.25) is 0 Å². The van der Waals surface area contributed by atoms with Gasteiger partial charge in [0.15, 0.2) is 0 Å². The summed E-state index contributed by atoms with van der Waals surface area (Å²) in [6, 6.07) is 1.06. The molecule has 0 saturated heterocycles. The molecule has 0 unspecified atom stereocenters. The minimum absolute atomic E-state index is 0.0851. The van der Waals surface area contributed by atoms with Crippen molar-refractivity contribution in [2.45, 2.75) is 0 Å². The maximum Gasteiger partial charge on any atom is 0.288 e. The molecular formula is C10H8N6O3. The van der Waals surface area contributed by atoms with Gasteiger partial charge in [-0.25, -0.2) is 15.0 Å². The van der Waals surface area contributed by atoms with E-state index < -0.39 is 10.8 Å². The Morgan fingerprint density at radius 1 is 1.32 bits per heavy atom. The van der Waals surface area contributed by atoms with Crippen molar-refractivity contribution in [1.82, 2.24) is 15.0 Å². The normalized spacial score (nSPS) is 9.89. The minimum atomic E-state index is -0.658. The number of nitrogens with two attached hydrogens (primary N) is 1. The summed E-state index contributed by atoms with van der Waals surface area (Å²) in [6.07, 6.45) is 5.05. The van der Waals surface area contributed by atoms with E-state index in [4.69, 9.17) is 5.73 Å². The van der Waals surface area contributed by atoms with E-state index in [2.05, 4.69) is 20.3 Å². The maximum absolute atomic E-state index is 11.9. The lowest BCUT2D eigenvalue weighted by Gasteiger charge is -2.05. The molecule has 0 aliphatic heterocycles. The van der Waals surface area contributed by atoms with Crippen LogP contribution in [0.15, 0.2) is 31.0 Å². The average molecular weight is 260 g/mol. The van der Waals surface area contributed by atoms with Gasteiger partial charge in [0.25, 0.3) is 11.6 Å². The van der Waals surface area contributed by atoms with Crippen LogP contribution in [0.4, 0.5) is 17.2 Å². The lowest BCUT2D eigenvalue weighted by molar-refractivity contribution is -0.385. The molecule has 0 fully saturated rings. The van der Waals surface area contributed by atoms with E-state index in [0.29, 0.717) is 5.69 Å². The molecule has 0 aliphatic carbocycles. The zero-order valence-corrected chi connectivity index (χ0v) is 9.48. The Hall–Kier alpha value is -3.10. The summed E-state index contributed by atoms with van der Waals surface area (Å²) in [4.78, 5) is 32.9. The highest BCUT2D eigenvalue weighted by Crippen LogP contribution is 2.17. The summed E-state index contributed by atoms with van der Waals surface area (Å²) in [6.45, 7) is 0. The van der Waals surface area contributed by atoms with Gasteiger partial charge in [0, 0.05) is 6.07 Å². The number of anilines is 2. The molecule has 9 nitrogen and oxygen atoms in total. The topological polar surface area (TPSA) is 137 Å². The maximum atomic E-state index is 11.9. The number of hydrogen-bond acceptors (Lipinski definition) is 7. The number of nitrogens with zero attached hydrogens (tertiary/aromatic N) is 4. The summed E-state index contributed by atoms with van der Waals surface area (Å²) in [5, 5.41) is 13.1. The van der Waals surface area contributed by atoms with Crippen molar-refractivity contribution in [2.75, 3.05) is 11.1 Å². The Morgan fingerprint density at radius 3 is 2.63 bits per heavy atom. The van der Waals surface area contributed by atoms with Gasteiger partial charge in [-0.1, -0.05) is 0 Å². The molecule has 2 aromatic rings. The molecule has 1 amide bonds. The van der Waals surface area contributed by atoms with Crippen LogP contribution in [-0.2, 0) is 0 Å². The number of nitrogen functional groups attached to an aromatic ring is 1. The number of amides is 1. The third kappa shape index (κ3) is 2.77. The molecular weight excluding hydrogens is 252 g/mol. The van der Waals surface area contributed by atoms with E-state index >= 15 is 0 Å². The van der Waals surface area contributed by atoms with Crippen LogP contribution in [0.2, 0.25) is 0 Å². The van der Waals surface area contributed by atoms with E-state index in [0.717, 1.165) is 12.3 Å². The number of nitrogens with one attached hydrogen (secondary N) is 1. The van der Waals surface area contributed by atoms with E-state index in [1.54, 1.807) is 0 Å². The Labute approximate surface area is 106 Å². The molecule has 19 heavy (non-hydrogen) atoms. The van der Waals surface area contributed by atoms with Gasteiger partial charge in [-0.3, -0.25) is 14.9 Å². The fourth-order valence-corrected chi connectivity index (χ4v) is 1.31. The number of carbonyl (C=O) groups is 1. The minimum Gasteiger partial charge on any atom is -0.383 e. The van der Waals surface area contributed by atoms with Gasteiger partial charge < -0.3 is 11.1 Å². The molecule has 0 aliphatic rings. The average Bonchev–Trinajstić information content (AvgIpc) is 2.40. The molecule has 2 rings (SSSR count). The van der Waals surface area contributed by atoms with Gasteiger partial charge in [-0.2, -0.15) is 0 Å². The lowest BCUT2D eigenvalue weighted by Crippen LogP contribution is -2.15. The predicted octanol–water partition coefficient (Wildman–Crippen LogP) is 0.614. The van der Waals surface area contributed by atoms with E-state index in [1.165, 1.54) is 18.7 Å². The molecule has 96 valence electrons. The second-order valence-electron chi connectivity index (χ2n) is 3.46. The number of nitro groups is 1. The molecule has 3 N–H and O–H groups in total. The second kappa shape index (κ2) is 5.04. The third-order valence-electron chi connectivity index (χ3n) is 2.18. The van der Waals surface area contributed by atoms with Crippen LogP contribution in [0, 0.1) is 10.1 Å². The van der Waals surface area contributed by atoms with Crippen LogP contribution in [0.1, 0.15) is 10.4 Å². The van der Waals surface area contributed by atoms with Crippen LogP contribution in [0.3, 0.4) is 0 Å². The number of rotatable bonds is 3. The van der Waals surface area contributed by atoms with Crippen molar-refractivity contribution in [2.24, 2.45) is 0 Å². The first kappa shape index (κ1) is 12.4. The molecule has 9 heteroatoms. The second-order valence-corrected chi connectivity index (χ2v) is 3.46. The lowest BCUT2D eigenvalue weighted by atomic mass is 10.2. The van der Waals surface area contributed by atoms with Crippen LogP contribution in [0.25, 0.3) is 0 Å². The van der Waals surface area contributed by atoms with Crippen molar-refractivity contribution in [1.29, 1.82) is 0 Å². The highest BCUT2D eigenvalue weighted by molar-refractivity contribution is 6.07. The van der Waals surface area contributed by atoms with Crippen molar-refractivity contribution in [3.8, 4) is 0 Å². The Morgan fingerprint density at radius 2 is 2.00 bits per heavy atom. The molecule has 0 bridgehead atoms. The highest BCUT2D eigenvalue weighted by Gasteiger charge is 2.16. The highest BCUT2D eigenvalue weighted by atomic mass is 16.6. The number of hydrogen-bond donors (Lipinski definition) is 2. The van der Waals surface area contributed by atoms with Crippen molar-refractivity contribution in [3.63, 3.8) is 0 Å². The zero-order chi connectivity index (χ0) is 13.8. The summed E-state index contributed by atoms with van der Waals surface area (Å²) < 4.78 is 0. The first-order valence-corrected chi connectivity index (χ1v) is 5.04. The summed E-state index contributed by atoms with van der Waals surface area (Å²) in [5.41, 5.74) is 5.46. The zero-order valence-electron chi connectivity index (χ0n) is 9.48. The summed E-state index contributed by atoms with van der Waals surface area (Å²) >= 11 is 0. The Balaban J connectivity index is 2.28. The monoisotopic (exact) mass is 260 g/mol. The van der Waals surface area contributed by atoms with Gasteiger partial charge >= 0.3 is 0 Å². The van der Waals surface area contributed by atoms with Crippen LogP contribution in [0.5, 0.6) is 0 Å². The molecule has 0 atom stereocenters. The fraction of sp³-hybridized carbons (Fsp3) is 0. The third-order valence-corrected chi connectivity index (χ3v) is 2.18. The standard InChI is InChI=1S/C10H8N6O3/c11-9-8(1-7(4-14-9)16(18)19)10(17)15-6-2-12-5-13-3-6/h1-5H,(H2,11,14)(H,15,17). The number of pyridine rings is 1. The molecule has 0 aromatic carbocycles. The van der Waals surface area contributed by atoms with Gasteiger partial charge in [0.05, 0.1) is 28.6 Å². The quantitative estimate of drug-likeness (QED) is 0.609. The van der Waals surface area contributed by atoms with Crippen molar-refractivity contribution in [3.05, 3.63) is 46.7 Å². The predicted molar refractivity (Wildman–Crippen MR) is 65.3 cm³/mol. The van der Waals surface area contributed by atoms with E-state index in [-0.39, 0.29) is 17.1 Å². The van der Waals surface area contributed by atoms with E-state index in [1.807, 2.05) is 0 Å². The van der Waals surface area contributed by atoms with Crippen LogP contribution in [-0.4, -0.2) is 25.8 Å². The SMILES string of the molecule is Nc1ncc([N+](=O)[O-])cc1C(=O)Nc1cncnc1. The smallest absolute Gasteiger partial charge is 0.288 e. The molecule has 0 radical (unpaired) electrons. The molecule has 2 heterocycles. The Kier molecular flexibility index (Phi) is 3.28. The van der Waals surface area contributed by atoms with E-state index in [9.17, 15) is 14.9 Å². The summed E-state index contributed by atoms with van der Waals surface area (Å²) in [5.74, 6) is -0.719. The number of carbonyl (C=O) groups excluding carboxylic acids is 1. The first-order chi connectivity index (χ1) is 9.08. The fourth-order valence-electron chi connectivity index (χ4n) is 1.31. The van der Waals surface area contributed by atoms with Crippen LogP contribution >= 0.6 is 0 Å². The Bertz CT molecular complexity index is 630. The molecule has 0 spiro atoms. The molecule has 2 aromatic heterocycles. The van der Waals surface area contributed by atoms with Gasteiger partial charge in [0.1, 0.15) is 18.3 Å². The number of aromatic nitrogens is 3. The molecule has 0 saturated carbocycles. The first-order valence-electron chi connectivity index (χ1n) is 5.04. The largest absolute Gasteiger partial charge is 0.383 e. The van der Waals surface area contributed by atoms with Crippen molar-refractivity contribution >= 4 is 23.1 Å². The van der Waals surface area contributed by atoms with Gasteiger partial charge in [-0.05, 0) is 0 Å². The van der Waals surface area contributed by atoms with Gasteiger partial charge in [-0.15, -0.1) is 0 Å². The van der Waals surface area contributed by atoms with Crippen LogP contribution < -0.4 is 11.1 Å². The van der Waals surface area contributed by atoms with Crippen molar-refractivity contribution < 1.29 is 9.72 Å².